The van der Waals surface area contributed by atoms with Crippen molar-refractivity contribution in [2.24, 2.45) is 0 Å². The average molecular weight is 365 g/mol. The monoisotopic (exact) mass is 365 g/mol. The number of carbonyl (C=O) groups excluding carboxylic acids is 1. The van der Waals surface area contributed by atoms with E-state index in [4.69, 9.17) is 4.74 Å². The molecule has 2 amide bonds. The van der Waals surface area contributed by atoms with Gasteiger partial charge >= 0.3 is 6.03 Å². The van der Waals surface area contributed by atoms with Crippen LogP contribution in [0.4, 0.5) is 10.5 Å². The predicted octanol–water partition coefficient (Wildman–Crippen LogP) is 4.17. The highest BCUT2D eigenvalue weighted by atomic mass is 16.5. The van der Waals surface area contributed by atoms with Crippen LogP contribution in [0.2, 0.25) is 0 Å². The Morgan fingerprint density at radius 1 is 1.19 bits per heavy atom. The summed E-state index contributed by atoms with van der Waals surface area (Å²) in [6.45, 7) is 1.97. The molecule has 5 heteroatoms. The lowest BCUT2D eigenvalue weighted by atomic mass is 9.90. The Hall–Kier alpha value is -2.40. The quantitative estimate of drug-likeness (QED) is 0.885. The number of nitrogens with one attached hydrogen (secondary N) is 1. The number of pyridine rings is 1. The van der Waals surface area contributed by atoms with Gasteiger partial charge in [0.05, 0.1) is 12.7 Å². The Morgan fingerprint density at radius 3 is 3.00 bits per heavy atom. The molecule has 1 saturated heterocycles. The van der Waals surface area contributed by atoms with Gasteiger partial charge in [0.15, 0.2) is 0 Å². The van der Waals surface area contributed by atoms with Gasteiger partial charge in [-0.1, -0.05) is 18.2 Å². The Kier molecular flexibility index (Phi) is 5.68. The largest absolute Gasteiger partial charge is 0.372 e. The Morgan fingerprint density at radius 2 is 2.11 bits per heavy atom. The smallest absolute Gasteiger partial charge is 0.321 e. The molecule has 5 nitrogen and oxygen atoms in total. The van der Waals surface area contributed by atoms with E-state index in [-0.39, 0.29) is 12.1 Å². The summed E-state index contributed by atoms with van der Waals surface area (Å²) in [5, 5.41) is 3.16. The number of anilines is 1. The summed E-state index contributed by atoms with van der Waals surface area (Å²) in [6, 6.07) is 10.2. The average Bonchev–Trinajstić information content (AvgIpc) is 2.73. The highest BCUT2D eigenvalue weighted by molar-refractivity contribution is 5.90. The van der Waals surface area contributed by atoms with Gasteiger partial charge in [0, 0.05) is 31.2 Å². The van der Waals surface area contributed by atoms with Gasteiger partial charge in [-0.15, -0.1) is 0 Å². The van der Waals surface area contributed by atoms with Crippen molar-refractivity contribution in [1.29, 1.82) is 0 Å². The van der Waals surface area contributed by atoms with Gasteiger partial charge in [-0.05, 0) is 67.3 Å². The normalized spacial score (nSPS) is 19.4. The number of aryl methyl sites for hydroxylation is 1. The molecule has 142 valence electrons. The molecule has 1 fully saturated rings. The molecule has 0 radical (unpaired) electrons. The summed E-state index contributed by atoms with van der Waals surface area (Å²) < 4.78 is 6.03. The summed E-state index contributed by atoms with van der Waals surface area (Å²) in [5.41, 5.74) is 4.75. The number of piperidine rings is 1. The predicted molar refractivity (Wildman–Crippen MR) is 106 cm³/mol. The van der Waals surface area contributed by atoms with Crippen molar-refractivity contribution >= 4 is 11.7 Å². The fourth-order valence-electron chi connectivity index (χ4n) is 4.05. The molecular weight excluding hydrogens is 338 g/mol. The molecule has 1 aromatic carbocycles. The number of nitrogens with zero attached hydrogens (tertiary/aromatic N) is 2. The number of carbonyl (C=O) groups is 1. The number of hydrogen-bond acceptors (Lipinski definition) is 3. The molecule has 4 rings (SSSR count). The van der Waals surface area contributed by atoms with Crippen LogP contribution >= 0.6 is 0 Å². The lowest BCUT2D eigenvalue weighted by Crippen LogP contribution is -2.45. The van der Waals surface area contributed by atoms with Gasteiger partial charge in [0.2, 0.25) is 0 Å². The summed E-state index contributed by atoms with van der Waals surface area (Å²) in [7, 11) is 0. The Balaban J connectivity index is 1.35. The molecule has 2 aromatic rings. The third kappa shape index (κ3) is 4.48. The van der Waals surface area contributed by atoms with Crippen LogP contribution in [0, 0.1) is 0 Å². The molecule has 1 aliphatic carbocycles. The van der Waals surface area contributed by atoms with Crippen molar-refractivity contribution in [3.8, 4) is 0 Å². The van der Waals surface area contributed by atoms with Crippen molar-refractivity contribution in [2.45, 2.75) is 51.2 Å². The van der Waals surface area contributed by atoms with Crippen LogP contribution in [-0.4, -0.2) is 35.1 Å². The summed E-state index contributed by atoms with van der Waals surface area (Å²) in [6.07, 6.45) is 10.2. The second-order valence-corrected chi connectivity index (χ2v) is 7.46. The third-order valence-electron chi connectivity index (χ3n) is 5.51. The molecule has 27 heavy (non-hydrogen) atoms. The van der Waals surface area contributed by atoms with Gasteiger partial charge in [-0.25, -0.2) is 4.79 Å². The number of likely N-dealkylation sites (tertiary alicyclic amines) is 1. The second-order valence-electron chi connectivity index (χ2n) is 7.46. The molecule has 2 aliphatic rings. The third-order valence-corrected chi connectivity index (χ3v) is 5.51. The number of rotatable bonds is 4. The molecule has 0 saturated carbocycles. The first-order valence-corrected chi connectivity index (χ1v) is 9.97. The Bertz CT molecular complexity index is 778. The van der Waals surface area contributed by atoms with E-state index in [0.717, 1.165) is 43.5 Å². The molecule has 1 atom stereocenters. The van der Waals surface area contributed by atoms with Gasteiger partial charge in [0.1, 0.15) is 0 Å². The number of hydrogen-bond donors (Lipinski definition) is 1. The first-order chi connectivity index (χ1) is 13.3. The number of benzene rings is 1. The maximum absolute atomic E-state index is 12.8. The van der Waals surface area contributed by atoms with Crippen LogP contribution in [0.15, 0.2) is 42.7 Å². The molecule has 1 N–H and O–H groups in total. The minimum absolute atomic E-state index is 0.0105. The van der Waals surface area contributed by atoms with Gasteiger partial charge in [-0.3, -0.25) is 4.98 Å². The van der Waals surface area contributed by atoms with Crippen molar-refractivity contribution in [3.63, 3.8) is 0 Å². The van der Waals surface area contributed by atoms with Crippen LogP contribution in [-0.2, 0) is 24.2 Å². The zero-order chi connectivity index (χ0) is 18.5. The van der Waals surface area contributed by atoms with Crippen molar-refractivity contribution in [3.05, 3.63) is 59.4 Å². The number of fused-ring (bicyclic) bond motifs is 1. The number of amides is 2. The van der Waals surface area contributed by atoms with E-state index in [9.17, 15) is 4.79 Å². The van der Waals surface area contributed by atoms with Crippen LogP contribution in [0.3, 0.4) is 0 Å². The maximum atomic E-state index is 12.8. The zero-order valence-corrected chi connectivity index (χ0v) is 15.7. The zero-order valence-electron chi connectivity index (χ0n) is 15.7. The van der Waals surface area contributed by atoms with Crippen LogP contribution in [0.5, 0.6) is 0 Å². The van der Waals surface area contributed by atoms with Crippen molar-refractivity contribution in [2.75, 3.05) is 18.4 Å². The molecule has 0 spiro atoms. The Labute approximate surface area is 160 Å². The lowest BCUT2D eigenvalue weighted by Gasteiger charge is -2.33. The highest BCUT2D eigenvalue weighted by Crippen LogP contribution is 2.28. The molecule has 0 bridgehead atoms. The van der Waals surface area contributed by atoms with E-state index < -0.39 is 0 Å². The van der Waals surface area contributed by atoms with Gasteiger partial charge < -0.3 is 15.0 Å². The van der Waals surface area contributed by atoms with Crippen LogP contribution < -0.4 is 5.32 Å². The summed E-state index contributed by atoms with van der Waals surface area (Å²) >= 11 is 0. The van der Waals surface area contributed by atoms with Gasteiger partial charge in [0.25, 0.3) is 0 Å². The van der Waals surface area contributed by atoms with Gasteiger partial charge in [-0.2, -0.15) is 0 Å². The molecule has 1 aliphatic heterocycles. The minimum Gasteiger partial charge on any atom is -0.372 e. The summed E-state index contributed by atoms with van der Waals surface area (Å²) in [4.78, 5) is 18.8. The van der Waals surface area contributed by atoms with Crippen molar-refractivity contribution < 1.29 is 9.53 Å². The first kappa shape index (κ1) is 18.0. The minimum atomic E-state index is -0.0105. The van der Waals surface area contributed by atoms with Crippen molar-refractivity contribution in [1.82, 2.24) is 9.88 Å². The molecular formula is C22H27N3O2. The van der Waals surface area contributed by atoms with Crippen LogP contribution in [0.25, 0.3) is 0 Å². The number of urea groups is 1. The second kappa shape index (κ2) is 8.53. The lowest BCUT2D eigenvalue weighted by molar-refractivity contribution is 0.000914. The fourth-order valence-corrected chi connectivity index (χ4v) is 4.05. The van der Waals surface area contributed by atoms with E-state index in [0.29, 0.717) is 13.2 Å². The molecule has 0 unspecified atom stereocenters. The SMILES string of the molecule is O=C(Nc1cccc2c1CCCC2)N1CCC[C@@H](OCc2cccnc2)C1. The van der Waals surface area contributed by atoms with E-state index in [1.165, 1.54) is 24.0 Å². The standard InChI is InChI=1S/C22H27N3O2/c26-22(24-21-11-3-8-18-7-1-2-10-20(18)21)25-13-5-9-19(15-25)27-16-17-6-4-12-23-14-17/h3-4,6,8,11-12,14,19H,1-2,5,7,9-10,13,15-16H2,(H,24,26)/t19-/m1/s1. The van der Waals surface area contributed by atoms with E-state index in [2.05, 4.69) is 22.4 Å². The molecule has 1 aromatic heterocycles. The maximum Gasteiger partial charge on any atom is 0.321 e. The topological polar surface area (TPSA) is 54.5 Å². The number of aromatic nitrogens is 1. The van der Waals surface area contributed by atoms with E-state index in [1.54, 1.807) is 6.20 Å². The summed E-state index contributed by atoms with van der Waals surface area (Å²) in [5.74, 6) is 0. The fraction of sp³-hybridized carbons (Fsp3) is 0.455. The highest BCUT2D eigenvalue weighted by Gasteiger charge is 2.25. The van der Waals surface area contributed by atoms with E-state index >= 15 is 0 Å². The number of ether oxygens (including phenoxy) is 1. The van der Waals surface area contributed by atoms with Crippen LogP contribution in [0.1, 0.15) is 42.4 Å². The first-order valence-electron chi connectivity index (χ1n) is 9.97. The van der Waals surface area contributed by atoms with E-state index in [1.807, 2.05) is 29.3 Å². The molecule has 2 heterocycles.